The van der Waals surface area contributed by atoms with Crippen LogP contribution in [0.4, 0.5) is 11.4 Å². The lowest BCUT2D eigenvalue weighted by Gasteiger charge is -2.18. The van der Waals surface area contributed by atoms with Gasteiger partial charge in [-0.1, -0.05) is 51.5 Å². The molecule has 3 aromatic rings. The van der Waals surface area contributed by atoms with Gasteiger partial charge in [-0.3, -0.25) is 9.69 Å². The van der Waals surface area contributed by atoms with Gasteiger partial charge >= 0.3 is 5.97 Å². The van der Waals surface area contributed by atoms with E-state index in [1.165, 1.54) is 18.6 Å². The second-order valence-electron chi connectivity index (χ2n) is 11.9. The fourth-order valence-corrected chi connectivity index (χ4v) is 4.44. The van der Waals surface area contributed by atoms with Gasteiger partial charge in [-0.05, 0) is 108 Å². The molecule has 0 fully saturated rings. The van der Waals surface area contributed by atoms with Crippen molar-refractivity contribution in [3.63, 3.8) is 0 Å². The smallest absolute Gasteiger partial charge is 0.338 e. The molecule has 0 bridgehead atoms. The minimum Gasteiger partial charge on any atom is -0.504 e. The predicted octanol–water partition coefficient (Wildman–Crippen LogP) is 6.82. The van der Waals surface area contributed by atoms with Gasteiger partial charge in [-0.25, -0.2) is 4.79 Å². The highest BCUT2D eigenvalue weighted by Gasteiger charge is 2.11. The molecule has 11 nitrogen and oxygen atoms in total. The van der Waals surface area contributed by atoms with E-state index in [-0.39, 0.29) is 60.6 Å². The molecule has 0 aliphatic carbocycles. The average molecular weight is 791 g/mol. The Morgan fingerprint density at radius 2 is 1.46 bits per heavy atom. The SMILES string of the molecule is CCCCNc1ccc(C(=O)OCCN(C)C)cc1.CCN(CC)CC(=O)Nc1c(C)cccc1C.CNC[C@H](O)c1ccc(O)c(O)c1.Cl.Cl.Cl. The highest BCUT2D eigenvalue weighted by atomic mass is 35.5. The lowest BCUT2D eigenvalue weighted by Crippen LogP contribution is -2.33. The van der Waals surface area contributed by atoms with Crippen LogP contribution in [0, 0.1) is 13.8 Å². The summed E-state index contributed by atoms with van der Waals surface area (Å²) in [5.41, 5.74) is 5.38. The fraction of sp³-hybridized carbons (Fsp3) is 0.474. The molecule has 0 aliphatic rings. The molecule has 52 heavy (non-hydrogen) atoms. The topological polar surface area (TPSA) is 147 Å². The molecule has 0 unspecified atom stereocenters. The van der Waals surface area contributed by atoms with Gasteiger partial charge in [0.1, 0.15) is 6.61 Å². The Morgan fingerprint density at radius 1 is 0.865 bits per heavy atom. The molecule has 14 heteroatoms. The number of carbonyl (C=O) groups is 2. The molecule has 1 atom stereocenters. The standard InChI is InChI=1S/C15H24N2O2.C14H22N2O.C9H13NO3.3ClH/c1-4-5-10-16-14-8-6-13(7-9-14)15(18)19-12-11-17(2)3;1-5-16(6-2)10-13(17)15-14-11(3)8-7-9-12(14)4;1-10-5-9(13)6-2-3-7(11)8(12)4-6;;;/h6-9,16H,4-5,10-12H2,1-3H3;7-9H,5-6,10H2,1-4H3,(H,15,17);2-4,9-13H,5H2,1H3;3*1H/t;;9-;;;/m..0.../s1. The number of para-hydroxylation sites is 1. The van der Waals surface area contributed by atoms with Gasteiger partial charge in [0, 0.05) is 31.0 Å². The van der Waals surface area contributed by atoms with Crippen LogP contribution in [-0.4, -0.2) is 104 Å². The molecule has 3 aromatic carbocycles. The van der Waals surface area contributed by atoms with Gasteiger partial charge in [0.05, 0.1) is 18.2 Å². The second kappa shape index (κ2) is 30.2. The van der Waals surface area contributed by atoms with E-state index >= 15 is 0 Å². The summed E-state index contributed by atoms with van der Waals surface area (Å²) in [5, 5.41) is 36.7. The van der Waals surface area contributed by atoms with E-state index in [0.717, 1.165) is 55.1 Å². The van der Waals surface area contributed by atoms with Crippen molar-refractivity contribution in [3.05, 3.63) is 82.9 Å². The van der Waals surface area contributed by atoms with Crippen LogP contribution in [0.2, 0.25) is 0 Å². The van der Waals surface area contributed by atoms with Crippen molar-refractivity contribution in [1.82, 2.24) is 15.1 Å². The summed E-state index contributed by atoms with van der Waals surface area (Å²) in [7, 11) is 5.62. The van der Waals surface area contributed by atoms with Gasteiger partial charge in [0.2, 0.25) is 5.91 Å². The third-order valence-electron chi connectivity index (χ3n) is 7.54. The maximum Gasteiger partial charge on any atom is 0.338 e. The Kier molecular flexibility index (Phi) is 30.8. The van der Waals surface area contributed by atoms with Crippen molar-refractivity contribution in [2.24, 2.45) is 0 Å². The number of aliphatic hydroxyl groups is 1. The summed E-state index contributed by atoms with van der Waals surface area (Å²) in [5.74, 6) is -0.596. The van der Waals surface area contributed by atoms with Gasteiger partial charge in [-0.15, -0.1) is 37.2 Å². The number of benzene rings is 3. The molecule has 0 aromatic heterocycles. The zero-order chi connectivity index (χ0) is 36.8. The first-order chi connectivity index (χ1) is 23.4. The molecular weight excluding hydrogens is 729 g/mol. The summed E-state index contributed by atoms with van der Waals surface area (Å²) < 4.78 is 5.18. The second-order valence-corrected chi connectivity index (χ2v) is 11.9. The normalized spacial score (nSPS) is 10.5. The number of phenolic OH excluding ortho intramolecular Hbond substituents is 2. The van der Waals surface area contributed by atoms with E-state index in [1.807, 2.05) is 63.2 Å². The number of aliphatic hydroxyl groups excluding tert-OH is 1. The molecule has 0 radical (unpaired) electrons. The Bertz CT molecular complexity index is 1380. The van der Waals surface area contributed by atoms with Crippen LogP contribution in [0.5, 0.6) is 11.5 Å². The fourth-order valence-electron chi connectivity index (χ4n) is 4.44. The number of hydrogen-bond acceptors (Lipinski definition) is 10. The molecule has 6 N–H and O–H groups in total. The van der Waals surface area contributed by atoms with E-state index in [2.05, 4.69) is 41.6 Å². The summed E-state index contributed by atoms with van der Waals surface area (Å²) in [6.45, 7) is 15.1. The summed E-state index contributed by atoms with van der Waals surface area (Å²) in [6, 6.07) is 17.7. The maximum atomic E-state index is 11.9. The molecule has 0 saturated carbocycles. The molecule has 0 spiro atoms. The van der Waals surface area contributed by atoms with E-state index in [9.17, 15) is 14.7 Å². The zero-order valence-electron chi connectivity index (χ0n) is 31.9. The number of aromatic hydroxyl groups is 2. The first kappa shape index (κ1) is 53.1. The molecule has 296 valence electrons. The lowest BCUT2D eigenvalue weighted by atomic mass is 10.1. The first-order valence-corrected chi connectivity index (χ1v) is 16.9. The average Bonchev–Trinajstić information content (AvgIpc) is 3.07. The Morgan fingerprint density at radius 3 is 1.96 bits per heavy atom. The number of phenols is 2. The number of nitrogens with one attached hydrogen (secondary N) is 3. The van der Waals surface area contributed by atoms with Gasteiger partial charge < -0.3 is 40.9 Å². The Balaban J connectivity index is -0.000000683. The van der Waals surface area contributed by atoms with Crippen LogP contribution < -0.4 is 16.0 Å². The van der Waals surface area contributed by atoms with E-state index in [1.54, 1.807) is 25.2 Å². The van der Waals surface area contributed by atoms with Crippen molar-refractivity contribution in [2.75, 3.05) is 77.7 Å². The molecule has 0 heterocycles. The van der Waals surface area contributed by atoms with Crippen LogP contribution in [0.15, 0.2) is 60.7 Å². The number of ether oxygens (including phenoxy) is 1. The van der Waals surface area contributed by atoms with Crippen molar-refractivity contribution >= 4 is 60.5 Å². The van der Waals surface area contributed by atoms with Crippen molar-refractivity contribution in [1.29, 1.82) is 0 Å². The summed E-state index contributed by atoms with van der Waals surface area (Å²) in [6.07, 6.45) is 1.65. The number of rotatable bonds is 16. The van der Waals surface area contributed by atoms with Gasteiger partial charge in [0.25, 0.3) is 0 Å². The minimum absolute atomic E-state index is 0. The highest BCUT2D eigenvalue weighted by Crippen LogP contribution is 2.27. The largest absolute Gasteiger partial charge is 0.504 e. The number of aryl methyl sites for hydroxylation is 2. The first-order valence-electron chi connectivity index (χ1n) is 16.9. The summed E-state index contributed by atoms with van der Waals surface area (Å²) >= 11 is 0. The van der Waals surface area contributed by atoms with Gasteiger partial charge in [-0.2, -0.15) is 0 Å². The number of nitrogens with zero attached hydrogens (tertiary/aromatic N) is 2. The number of likely N-dealkylation sites (N-methyl/N-ethyl adjacent to an activating group) is 3. The molecule has 0 saturated heterocycles. The van der Waals surface area contributed by atoms with Crippen LogP contribution in [-0.2, 0) is 9.53 Å². The van der Waals surface area contributed by atoms with Crippen LogP contribution in [0.3, 0.4) is 0 Å². The highest BCUT2D eigenvalue weighted by molar-refractivity contribution is 5.93. The number of amides is 1. The number of esters is 1. The maximum absolute atomic E-state index is 11.9. The number of unbranched alkanes of at least 4 members (excludes halogenated alkanes) is 1. The van der Waals surface area contributed by atoms with Crippen LogP contribution in [0.25, 0.3) is 0 Å². The van der Waals surface area contributed by atoms with Crippen molar-refractivity contribution in [2.45, 2.75) is 53.6 Å². The zero-order valence-corrected chi connectivity index (χ0v) is 34.3. The van der Waals surface area contributed by atoms with E-state index in [0.29, 0.717) is 30.8 Å². The van der Waals surface area contributed by atoms with Crippen molar-refractivity contribution in [3.8, 4) is 11.5 Å². The van der Waals surface area contributed by atoms with E-state index in [4.69, 9.17) is 14.9 Å². The summed E-state index contributed by atoms with van der Waals surface area (Å²) in [4.78, 5) is 27.7. The third kappa shape index (κ3) is 21.3. The predicted molar refractivity (Wildman–Crippen MR) is 221 cm³/mol. The quantitative estimate of drug-likeness (QED) is 0.0520. The molecule has 3 rings (SSSR count). The van der Waals surface area contributed by atoms with Crippen molar-refractivity contribution < 1.29 is 29.6 Å². The number of halogens is 3. The third-order valence-corrected chi connectivity index (χ3v) is 7.54. The number of hydrogen-bond donors (Lipinski definition) is 6. The number of carbonyl (C=O) groups excluding carboxylic acids is 2. The Hall–Kier alpha value is -3.29. The van der Waals surface area contributed by atoms with E-state index < -0.39 is 6.10 Å². The van der Waals surface area contributed by atoms with Gasteiger partial charge in [0.15, 0.2) is 11.5 Å². The lowest BCUT2D eigenvalue weighted by molar-refractivity contribution is -0.117. The molecular formula is C38H62Cl3N5O6. The minimum atomic E-state index is -0.670. The monoisotopic (exact) mass is 789 g/mol. The van der Waals surface area contributed by atoms with Crippen LogP contribution in [0.1, 0.15) is 66.8 Å². The number of anilines is 2. The Labute approximate surface area is 329 Å². The molecule has 1 amide bonds. The molecule has 0 aliphatic heterocycles. The van der Waals surface area contributed by atoms with Crippen LogP contribution >= 0.6 is 37.2 Å².